The molecule has 0 bridgehead atoms. The van der Waals surface area contributed by atoms with Gasteiger partial charge in [0.25, 0.3) is 5.56 Å². The Morgan fingerprint density at radius 3 is 2.46 bits per heavy atom. The van der Waals surface area contributed by atoms with Gasteiger partial charge in [-0.3, -0.25) is 9.36 Å². The first-order valence-electron chi connectivity index (χ1n) is 8.51. The predicted molar refractivity (Wildman–Crippen MR) is 99.7 cm³/mol. The zero-order chi connectivity index (χ0) is 19.6. The number of aromatic nitrogens is 2. The van der Waals surface area contributed by atoms with Crippen molar-refractivity contribution in [1.82, 2.24) is 9.55 Å². The predicted octanol–water partition coefficient (Wildman–Crippen LogP) is 3.09. The average molecular weight is 380 g/mol. The Bertz CT molecular complexity index is 882. The van der Waals surface area contributed by atoms with Crippen molar-refractivity contribution in [2.24, 2.45) is 5.92 Å². The summed E-state index contributed by atoms with van der Waals surface area (Å²) in [6.45, 7) is 11.0. The summed E-state index contributed by atoms with van der Waals surface area (Å²) in [5.41, 5.74) is 0.145. The first-order chi connectivity index (χ1) is 12.1. The Morgan fingerprint density at radius 2 is 1.88 bits per heavy atom. The van der Waals surface area contributed by atoms with E-state index in [-0.39, 0.29) is 24.2 Å². The van der Waals surface area contributed by atoms with E-state index < -0.39 is 18.0 Å². The lowest BCUT2D eigenvalue weighted by atomic mass is 10.2. The summed E-state index contributed by atoms with van der Waals surface area (Å²) < 4.78 is 11.7. The topological polar surface area (TPSA) is 87.5 Å². The maximum Gasteiger partial charge on any atom is 0.348 e. The minimum Gasteiger partial charge on any atom is -0.464 e. The van der Waals surface area contributed by atoms with Gasteiger partial charge in [-0.05, 0) is 39.2 Å². The maximum absolute atomic E-state index is 12.9. The van der Waals surface area contributed by atoms with Crippen LogP contribution in [0.1, 0.15) is 55.9 Å². The van der Waals surface area contributed by atoms with Gasteiger partial charge in [-0.15, -0.1) is 11.3 Å². The molecule has 2 rings (SSSR count). The molecule has 2 aromatic rings. The quantitative estimate of drug-likeness (QED) is 0.716. The summed E-state index contributed by atoms with van der Waals surface area (Å²) in [5, 5.41) is 0.330. The van der Waals surface area contributed by atoms with Crippen LogP contribution < -0.4 is 5.56 Å². The fraction of sp³-hybridized carbons (Fsp3) is 0.556. The Kier molecular flexibility index (Phi) is 6.17. The molecular formula is C18H24N2O5S. The molecule has 0 aliphatic carbocycles. The number of hydrogen-bond donors (Lipinski definition) is 0. The van der Waals surface area contributed by atoms with Gasteiger partial charge >= 0.3 is 11.9 Å². The van der Waals surface area contributed by atoms with E-state index in [2.05, 4.69) is 4.98 Å². The molecule has 0 aromatic carbocycles. The van der Waals surface area contributed by atoms with Crippen LogP contribution in [0, 0.1) is 12.8 Å². The van der Waals surface area contributed by atoms with Crippen LogP contribution in [0.2, 0.25) is 0 Å². The highest BCUT2D eigenvalue weighted by atomic mass is 32.1. The number of thiophene rings is 1. The second-order valence-electron chi connectivity index (χ2n) is 6.85. The van der Waals surface area contributed by atoms with Crippen molar-refractivity contribution in [1.29, 1.82) is 0 Å². The SMILES string of the molecule is Cc1c(C(=O)OC(C)C)sc2ncn([C@H](C)C(=O)OCC(C)C)c(=O)c12. The number of esters is 2. The molecule has 0 radical (unpaired) electrons. The minimum absolute atomic E-state index is 0.206. The van der Waals surface area contributed by atoms with Crippen molar-refractivity contribution in [2.75, 3.05) is 6.61 Å². The van der Waals surface area contributed by atoms with Crippen LogP contribution in [0.25, 0.3) is 10.2 Å². The summed E-state index contributed by atoms with van der Waals surface area (Å²) in [6.07, 6.45) is 1.06. The Balaban J connectivity index is 2.41. The van der Waals surface area contributed by atoms with Crippen molar-refractivity contribution in [3.05, 3.63) is 27.1 Å². The lowest BCUT2D eigenvalue weighted by molar-refractivity contribution is -0.148. The third kappa shape index (κ3) is 4.12. The number of carbonyl (C=O) groups excluding carboxylic acids is 2. The molecule has 0 fully saturated rings. The third-order valence-corrected chi connectivity index (χ3v) is 4.90. The highest BCUT2D eigenvalue weighted by Crippen LogP contribution is 2.28. The van der Waals surface area contributed by atoms with E-state index in [9.17, 15) is 14.4 Å². The molecule has 0 aliphatic rings. The summed E-state index contributed by atoms with van der Waals surface area (Å²) >= 11 is 1.12. The Labute approximate surface area is 155 Å². The van der Waals surface area contributed by atoms with Crippen LogP contribution >= 0.6 is 11.3 Å². The highest BCUT2D eigenvalue weighted by Gasteiger charge is 2.24. The molecule has 8 heteroatoms. The number of rotatable bonds is 6. The van der Waals surface area contributed by atoms with Crippen molar-refractivity contribution >= 4 is 33.5 Å². The molecule has 2 heterocycles. The van der Waals surface area contributed by atoms with Gasteiger partial charge in [-0.1, -0.05) is 13.8 Å². The number of nitrogens with zero attached hydrogens (tertiary/aromatic N) is 2. The van der Waals surface area contributed by atoms with Crippen LogP contribution in [0.15, 0.2) is 11.1 Å². The van der Waals surface area contributed by atoms with Gasteiger partial charge in [0.05, 0.1) is 24.4 Å². The summed E-state index contributed by atoms with van der Waals surface area (Å²) in [7, 11) is 0. The molecule has 26 heavy (non-hydrogen) atoms. The molecule has 0 spiro atoms. The van der Waals surface area contributed by atoms with E-state index in [1.807, 2.05) is 13.8 Å². The van der Waals surface area contributed by atoms with Crippen molar-refractivity contribution in [2.45, 2.75) is 53.7 Å². The van der Waals surface area contributed by atoms with Crippen molar-refractivity contribution in [3.8, 4) is 0 Å². The van der Waals surface area contributed by atoms with Gasteiger partial charge in [0.1, 0.15) is 15.7 Å². The molecule has 0 saturated carbocycles. The maximum atomic E-state index is 12.9. The zero-order valence-corrected chi connectivity index (χ0v) is 16.7. The molecule has 0 amide bonds. The zero-order valence-electron chi connectivity index (χ0n) is 15.9. The fourth-order valence-corrected chi connectivity index (χ4v) is 3.38. The van der Waals surface area contributed by atoms with Gasteiger partial charge in [0, 0.05) is 0 Å². The van der Waals surface area contributed by atoms with E-state index >= 15 is 0 Å². The van der Waals surface area contributed by atoms with E-state index in [0.717, 1.165) is 11.3 Å². The van der Waals surface area contributed by atoms with Crippen LogP contribution in [-0.4, -0.2) is 34.2 Å². The summed E-state index contributed by atoms with van der Waals surface area (Å²) in [6, 6.07) is -0.802. The van der Waals surface area contributed by atoms with E-state index in [4.69, 9.17) is 9.47 Å². The molecule has 0 saturated heterocycles. The van der Waals surface area contributed by atoms with Crippen LogP contribution in [0.3, 0.4) is 0 Å². The molecular weight excluding hydrogens is 356 g/mol. The molecule has 2 aromatic heterocycles. The lowest BCUT2D eigenvalue weighted by Gasteiger charge is -2.15. The van der Waals surface area contributed by atoms with Crippen LogP contribution in [0.5, 0.6) is 0 Å². The van der Waals surface area contributed by atoms with Gasteiger partial charge < -0.3 is 9.47 Å². The van der Waals surface area contributed by atoms with Crippen LogP contribution in [-0.2, 0) is 14.3 Å². The number of fused-ring (bicyclic) bond motifs is 1. The van der Waals surface area contributed by atoms with Crippen molar-refractivity contribution < 1.29 is 19.1 Å². The number of carbonyl (C=O) groups is 2. The second-order valence-corrected chi connectivity index (χ2v) is 7.85. The van der Waals surface area contributed by atoms with Gasteiger partial charge in [0.2, 0.25) is 0 Å². The molecule has 1 atom stereocenters. The van der Waals surface area contributed by atoms with E-state index in [0.29, 0.717) is 20.7 Å². The lowest BCUT2D eigenvalue weighted by Crippen LogP contribution is -2.30. The molecule has 0 N–H and O–H groups in total. The number of aryl methyl sites for hydroxylation is 1. The Morgan fingerprint density at radius 1 is 1.23 bits per heavy atom. The largest absolute Gasteiger partial charge is 0.464 e. The van der Waals surface area contributed by atoms with E-state index in [1.165, 1.54) is 10.9 Å². The standard InChI is InChI=1S/C18H24N2O5S/c1-9(2)7-24-17(22)12(6)20-8-19-15-13(16(20)21)11(5)14(26-15)18(23)25-10(3)4/h8-10,12H,7H2,1-6H3/t12-/m1/s1. The van der Waals surface area contributed by atoms with Gasteiger partial charge in [-0.2, -0.15) is 0 Å². The summed E-state index contributed by atoms with van der Waals surface area (Å²) in [5.74, 6) is -0.762. The minimum atomic E-state index is -0.802. The first kappa shape index (κ1) is 20.1. The fourth-order valence-electron chi connectivity index (χ4n) is 2.36. The third-order valence-electron chi connectivity index (χ3n) is 3.72. The number of hydrogen-bond acceptors (Lipinski definition) is 7. The average Bonchev–Trinajstić information content (AvgIpc) is 2.89. The highest BCUT2D eigenvalue weighted by molar-refractivity contribution is 7.20. The first-order valence-corrected chi connectivity index (χ1v) is 9.33. The second kappa shape index (κ2) is 7.99. The van der Waals surface area contributed by atoms with Gasteiger partial charge in [0.15, 0.2) is 0 Å². The van der Waals surface area contributed by atoms with Crippen LogP contribution in [0.4, 0.5) is 0 Å². The monoisotopic (exact) mass is 380 g/mol. The molecule has 0 unspecified atom stereocenters. The number of ether oxygens (including phenoxy) is 2. The molecule has 7 nitrogen and oxygen atoms in total. The molecule has 0 aliphatic heterocycles. The van der Waals surface area contributed by atoms with Gasteiger partial charge in [-0.25, -0.2) is 14.6 Å². The van der Waals surface area contributed by atoms with E-state index in [1.54, 1.807) is 27.7 Å². The normalized spacial score (nSPS) is 12.6. The smallest absolute Gasteiger partial charge is 0.348 e. The molecule has 142 valence electrons. The van der Waals surface area contributed by atoms with Crippen molar-refractivity contribution in [3.63, 3.8) is 0 Å². The summed E-state index contributed by atoms with van der Waals surface area (Å²) in [4.78, 5) is 42.3. The Hall–Kier alpha value is -2.22.